The zero-order valence-corrected chi connectivity index (χ0v) is 16.0. The molecule has 140 valence electrons. The third-order valence-corrected chi connectivity index (χ3v) is 5.24. The van der Waals surface area contributed by atoms with Crippen LogP contribution in [0.1, 0.15) is 37.0 Å². The van der Waals surface area contributed by atoms with Crippen LogP contribution in [0.25, 0.3) is 0 Å². The Morgan fingerprint density at radius 2 is 1.85 bits per heavy atom. The summed E-state index contributed by atoms with van der Waals surface area (Å²) in [5.41, 5.74) is 0.736. The molecule has 26 heavy (non-hydrogen) atoms. The second kappa shape index (κ2) is 8.71. The normalized spacial score (nSPS) is 12.3. The first-order valence-corrected chi connectivity index (χ1v) is 9.92. The molecular weight excluding hydrogens is 352 g/mol. The summed E-state index contributed by atoms with van der Waals surface area (Å²) in [7, 11) is -2.24. The first kappa shape index (κ1) is 19.8. The van der Waals surface area contributed by atoms with E-state index in [-0.39, 0.29) is 16.8 Å². The van der Waals surface area contributed by atoms with Crippen molar-refractivity contribution in [1.82, 2.24) is 5.32 Å². The number of hydrogen-bond acceptors (Lipinski definition) is 4. The summed E-state index contributed by atoms with van der Waals surface area (Å²) in [5.74, 6) is 0.347. The first-order valence-electron chi connectivity index (χ1n) is 8.43. The number of nitrogens with one attached hydrogen (secondary N) is 2. The first-order chi connectivity index (χ1) is 12.4. The van der Waals surface area contributed by atoms with Gasteiger partial charge in [0.05, 0.1) is 12.0 Å². The maximum atomic E-state index is 12.5. The average molecular weight is 376 g/mol. The van der Waals surface area contributed by atoms with Gasteiger partial charge in [0.25, 0.3) is 15.9 Å². The van der Waals surface area contributed by atoms with Crippen LogP contribution in [-0.4, -0.2) is 27.5 Å². The van der Waals surface area contributed by atoms with Gasteiger partial charge in [-0.3, -0.25) is 9.52 Å². The lowest BCUT2D eigenvalue weighted by atomic mass is 10.1. The minimum absolute atomic E-state index is 0.0622. The molecule has 2 rings (SSSR count). The molecule has 2 N–H and O–H groups in total. The number of carbonyl (C=O) groups is 1. The lowest BCUT2D eigenvalue weighted by molar-refractivity contribution is 0.0938. The monoisotopic (exact) mass is 376 g/mol. The van der Waals surface area contributed by atoms with Crippen LogP contribution >= 0.6 is 0 Å². The molecule has 0 aliphatic rings. The van der Waals surface area contributed by atoms with Crippen LogP contribution in [0.2, 0.25) is 0 Å². The van der Waals surface area contributed by atoms with Crippen molar-refractivity contribution in [2.24, 2.45) is 0 Å². The van der Waals surface area contributed by atoms with Crippen molar-refractivity contribution in [2.75, 3.05) is 11.8 Å². The highest BCUT2D eigenvalue weighted by Crippen LogP contribution is 2.20. The molecule has 2 aromatic carbocycles. The molecule has 7 heteroatoms. The van der Waals surface area contributed by atoms with Gasteiger partial charge in [-0.15, -0.1) is 0 Å². The Balaban J connectivity index is 2.15. The number of hydrogen-bond donors (Lipinski definition) is 2. The second-order valence-corrected chi connectivity index (χ2v) is 7.71. The van der Waals surface area contributed by atoms with Gasteiger partial charge < -0.3 is 10.1 Å². The second-order valence-electron chi connectivity index (χ2n) is 6.03. The van der Waals surface area contributed by atoms with E-state index in [9.17, 15) is 13.2 Å². The highest BCUT2D eigenvalue weighted by Gasteiger charge is 2.16. The molecule has 0 aliphatic heterocycles. The van der Waals surface area contributed by atoms with E-state index in [1.165, 1.54) is 25.3 Å². The molecule has 0 saturated carbocycles. The number of sulfonamides is 1. The van der Waals surface area contributed by atoms with Crippen molar-refractivity contribution in [2.45, 2.75) is 37.6 Å². The summed E-state index contributed by atoms with van der Waals surface area (Å²) in [6.07, 6.45) is 1.86. The molecule has 0 unspecified atom stereocenters. The van der Waals surface area contributed by atoms with Crippen LogP contribution in [0.5, 0.6) is 5.75 Å². The van der Waals surface area contributed by atoms with Crippen molar-refractivity contribution < 1.29 is 17.9 Å². The number of benzene rings is 2. The van der Waals surface area contributed by atoms with Gasteiger partial charge in [-0.2, -0.15) is 0 Å². The van der Waals surface area contributed by atoms with Crippen LogP contribution < -0.4 is 14.8 Å². The van der Waals surface area contributed by atoms with Gasteiger partial charge in [0.1, 0.15) is 5.75 Å². The van der Waals surface area contributed by atoms with Crippen molar-refractivity contribution >= 4 is 21.6 Å². The zero-order chi connectivity index (χ0) is 19.2. The van der Waals surface area contributed by atoms with Crippen LogP contribution in [0.15, 0.2) is 53.4 Å². The van der Waals surface area contributed by atoms with Crippen LogP contribution in [-0.2, 0) is 10.0 Å². The smallest absolute Gasteiger partial charge is 0.261 e. The highest BCUT2D eigenvalue weighted by molar-refractivity contribution is 7.92. The van der Waals surface area contributed by atoms with E-state index in [4.69, 9.17) is 4.74 Å². The van der Waals surface area contributed by atoms with Crippen molar-refractivity contribution in [3.05, 3.63) is 54.1 Å². The van der Waals surface area contributed by atoms with Crippen molar-refractivity contribution in [3.8, 4) is 5.75 Å². The van der Waals surface area contributed by atoms with Crippen LogP contribution in [0.3, 0.4) is 0 Å². The molecule has 1 amide bonds. The Morgan fingerprint density at radius 3 is 2.46 bits per heavy atom. The minimum Gasteiger partial charge on any atom is -0.497 e. The van der Waals surface area contributed by atoms with Gasteiger partial charge in [0.15, 0.2) is 0 Å². The summed E-state index contributed by atoms with van der Waals surface area (Å²) < 4.78 is 32.5. The molecule has 6 nitrogen and oxygen atoms in total. The summed E-state index contributed by atoms with van der Waals surface area (Å²) in [4.78, 5) is 12.4. The van der Waals surface area contributed by atoms with Gasteiger partial charge in [-0.1, -0.05) is 19.4 Å². The summed E-state index contributed by atoms with van der Waals surface area (Å²) in [6.45, 7) is 3.99. The molecule has 0 radical (unpaired) electrons. The van der Waals surface area contributed by atoms with Gasteiger partial charge in [-0.05, 0) is 55.8 Å². The zero-order valence-electron chi connectivity index (χ0n) is 15.2. The fourth-order valence-electron chi connectivity index (χ4n) is 2.51. The predicted molar refractivity (Wildman–Crippen MR) is 102 cm³/mol. The van der Waals surface area contributed by atoms with E-state index >= 15 is 0 Å². The van der Waals surface area contributed by atoms with E-state index in [1.54, 1.807) is 30.3 Å². The third kappa shape index (κ3) is 5.23. The van der Waals surface area contributed by atoms with Crippen LogP contribution in [0, 0.1) is 0 Å². The van der Waals surface area contributed by atoms with Crippen molar-refractivity contribution in [1.29, 1.82) is 0 Å². The Morgan fingerprint density at radius 1 is 1.15 bits per heavy atom. The maximum Gasteiger partial charge on any atom is 0.261 e. The van der Waals surface area contributed by atoms with E-state index in [0.29, 0.717) is 17.0 Å². The molecule has 0 spiro atoms. The molecule has 0 heterocycles. The number of carbonyl (C=O) groups excluding carboxylic acids is 1. The van der Waals surface area contributed by atoms with Gasteiger partial charge in [0, 0.05) is 17.3 Å². The third-order valence-electron chi connectivity index (χ3n) is 3.85. The maximum absolute atomic E-state index is 12.5. The Hall–Kier alpha value is -2.54. The summed E-state index contributed by atoms with van der Waals surface area (Å²) in [6, 6.07) is 12.6. The average Bonchev–Trinajstić information content (AvgIpc) is 2.61. The quantitative estimate of drug-likeness (QED) is 0.739. The number of ether oxygens (including phenoxy) is 1. The molecular formula is C19H24N2O4S. The number of anilines is 1. The molecule has 2 aromatic rings. The van der Waals surface area contributed by atoms with Crippen molar-refractivity contribution in [3.63, 3.8) is 0 Å². The van der Waals surface area contributed by atoms with E-state index in [0.717, 1.165) is 12.8 Å². The summed E-state index contributed by atoms with van der Waals surface area (Å²) >= 11 is 0. The lowest BCUT2D eigenvalue weighted by Crippen LogP contribution is -2.32. The Kier molecular flexibility index (Phi) is 6.63. The van der Waals surface area contributed by atoms with Crippen LogP contribution in [0.4, 0.5) is 5.69 Å². The Bertz CT molecular complexity index is 848. The number of methoxy groups -OCH3 is 1. The molecule has 0 fully saturated rings. The van der Waals surface area contributed by atoms with Gasteiger partial charge in [-0.25, -0.2) is 8.42 Å². The predicted octanol–water partition coefficient (Wildman–Crippen LogP) is 3.41. The topological polar surface area (TPSA) is 84.5 Å². The number of rotatable bonds is 8. The summed E-state index contributed by atoms with van der Waals surface area (Å²) in [5, 5.41) is 2.90. The molecule has 0 saturated heterocycles. The largest absolute Gasteiger partial charge is 0.497 e. The standard InChI is InChI=1S/C19H24N2O4S/c1-4-6-14(2)20-19(22)15-7-5-8-16(13-15)21-26(23,24)18-11-9-17(25-3)10-12-18/h5,7-14,21H,4,6H2,1-3H3,(H,20,22)/t14-/m0/s1. The fraction of sp³-hybridized carbons (Fsp3) is 0.316. The molecule has 1 atom stereocenters. The molecule has 0 aliphatic carbocycles. The molecule has 0 bridgehead atoms. The van der Waals surface area contributed by atoms with E-state index in [2.05, 4.69) is 17.0 Å². The van der Waals surface area contributed by atoms with Gasteiger partial charge in [0.2, 0.25) is 0 Å². The van der Waals surface area contributed by atoms with E-state index in [1.807, 2.05) is 6.92 Å². The SMILES string of the molecule is CCC[C@H](C)NC(=O)c1cccc(NS(=O)(=O)c2ccc(OC)cc2)c1. The lowest BCUT2D eigenvalue weighted by Gasteiger charge is -2.14. The van der Waals surface area contributed by atoms with E-state index < -0.39 is 10.0 Å². The minimum atomic E-state index is -3.75. The number of amides is 1. The Labute approximate surface area is 154 Å². The van der Waals surface area contributed by atoms with Gasteiger partial charge >= 0.3 is 0 Å². The fourth-order valence-corrected chi connectivity index (χ4v) is 3.55. The highest BCUT2D eigenvalue weighted by atomic mass is 32.2. The molecule has 0 aromatic heterocycles.